The minimum atomic E-state index is -1.27. The average Bonchev–Trinajstić information content (AvgIpc) is 3.26. The first-order chi connectivity index (χ1) is 20.8. The van der Waals surface area contributed by atoms with Gasteiger partial charge in [0.2, 0.25) is 11.8 Å². The fourth-order valence-corrected chi connectivity index (χ4v) is 6.23. The normalized spacial score (nSPS) is 20.4. The lowest BCUT2D eigenvalue weighted by Gasteiger charge is -2.24. The van der Waals surface area contributed by atoms with Crippen molar-refractivity contribution < 1.29 is 49.2 Å². The van der Waals surface area contributed by atoms with E-state index < -0.39 is 60.4 Å². The van der Waals surface area contributed by atoms with E-state index in [1.807, 2.05) is 12.2 Å². The van der Waals surface area contributed by atoms with E-state index in [-0.39, 0.29) is 48.4 Å². The molecule has 0 heterocycles. The van der Waals surface area contributed by atoms with Crippen LogP contribution in [-0.2, 0) is 28.8 Å². The van der Waals surface area contributed by atoms with E-state index in [2.05, 4.69) is 17.6 Å². The van der Waals surface area contributed by atoms with Crippen LogP contribution in [0.3, 0.4) is 0 Å². The highest BCUT2D eigenvalue weighted by Crippen LogP contribution is 2.41. The summed E-state index contributed by atoms with van der Waals surface area (Å²) in [5.74, 6) is -5.46. The fraction of sp³-hybridized carbons (Fsp3) is 0.667. The average molecular weight is 642 g/mol. The number of carbonyl (C=O) groups is 6. The summed E-state index contributed by atoms with van der Waals surface area (Å²) in [7, 11) is 0. The van der Waals surface area contributed by atoms with Crippen LogP contribution in [0.4, 0.5) is 0 Å². The Morgan fingerprint density at radius 1 is 1.02 bits per heavy atom. The van der Waals surface area contributed by atoms with Gasteiger partial charge < -0.3 is 36.8 Å². The second-order valence-corrected chi connectivity index (χ2v) is 12.2. The highest BCUT2D eigenvalue weighted by molar-refractivity contribution is 8.00. The van der Waals surface area contributed by atoms with Crippen molar-refractivity contribution in [3.63, 3.8) is 0 Å². The Hall–Kier alpha value is -3.23. The molecular formula is C30H47N3O10S. The van der Waals surface area contributed by atoms with E-state index >= 15 is 0 Å². The standard InChI is InChI=1S/C30H47N3O10S/c1-2-3-6-9-19(34)12-13-20-21(10-7-4-5-8-11-27(37)38)25(16-24(20)35)44-18-23(29(41)32-17-28(39)40)33-26(36)15-14-22(31)30(42)43/h4,7,12-13,19-23,25,34H,2-3,5-6,8-11,14-18,31H2,1H3,(H,32,41)(H,33,36)(H,37,38)(H,39,40)(H,42,43)/b7-4-,13-12+/t19-,20+,21+,22-,23-,25-/m0/s1. The molecular weight excluding hydrogens is 594 g/mol. The van der Waals surface area contributed by atoms with Gasteiger partial charge in [-0.25, -0.2) is 0 Å². The first-order valence-electron chi connectivity index (χ1n) is 15.0. The monoisotopic (exact) mass is 641 g/mol. The molecule has 6 atom stereocenters. The minimum Gasteiger partial charge on any atom is -0.481 e. The molecule has 0 aromatic heterocycles. The van der Waals surface area contributed by atoms with Gasteiger partial charge in [0.15, 0.2) is 0 Å². The number of Topliss-reactive ketones (excluding diaryl/α,β-unsaturated/α-hetero) is 1. The molecule has 0 aromatic carbocycles. The molecule has 14 heteroatoms. The molecule has 2 amide bonds. The second-order valence-electron chi connectivity index (χ2n) is 10.9. The fourth-order valence-electron chi connectivity index (χ4n) is 4.74. The number of amides is 2. The Balaban J connectivity index is 3.03. The number of hydrogen-bond acceptors (Lipinski definition) is 9. The molecule has 8 N–H and O–H groups in total. The number of rotatable bonds is 23. The lowest BCUT2D eigenvalue weighted by atomic mass is 9.91. The summed E-state index contributed by atoms with van der Waals surface area (Å²) in [6, 6.07) is -2.41. The summed E-state index contributed by atoms with van der Waals surface area (Å²) in [6.07, 6.45) is 11.3. The molecule has 1 aliphatic rings. The van der Waals surface area contributed by atoms with Crippen LogP contribution < -0.4 is 16.4 Å². The van der Waals surface area contributed by atoms with Crippen molar-refractivity contribution in [2.45, 2.75) is 101 Å². The number of aliphatic hydroxyl groups is 1. The lowest BCUT2D eigenvalue weighted by molar-refractivity contribution is -0.139. The van der Waals surface area contributed by atoms with Gasteiger partial charge in [0.1, 0.15) is 24.4 Å². The Morgan fingerprint density at radius 2 is 1.75 bits per heavy atom. The van der Waals surface area contributed by atoms with Gasteiger partial charge in [0, 0.05) is 36.2 Å². The molecule has 0 unspecified atom stereocenters. The van der Waals surface area contributed by atoms with E-state index in [4.69, 9.17) is 21.1 Å². The van der Waals surface area contributed by atoms with E-state index in [0.717, 1.165) is 19.3 Å². The van der Waals surface area contributed by atoms with E-state index in [0.29, 0.717) is 25.7 Å². The third-order valence-electron chi connectivity index (χ3n) is 7.24. The number of carboxylic acid groups (broad SMARTS) is 3. The molecule has 1 saturated carbocycles. The van der Waals surface area contributed by atoms with Crippen molar-refractivity contribution in [1.82, 2.24) is 10.6 Å². The molecule has 0 radical (unpaired) electrons. The lowest BCUT2D eigenvalue weighted by Crippen LogP contribution is -2.49. The summed E-state index contributed by atoms with van der Waals surface area (Å²) < 4.78 is 0. The number of thioether (sulfide) groups is 1. The Kier molecular flexibility index (Phi) is 18.9. The van der Waals surface area contributed by atoms with Gasteiger partial charge in [-0.1, -0.05) is 50.5 Å². The highest BCUT2D eigenvalue weighted by atomic mass is 32.2. The second kappa shape index (κ2) is 21.5. The summed E-state index contributed by atoms with van der Waals surface area (Å²) in [6.45, 7) is 1.40. The number of allylic oxidation sites excluding steroid dienone is 3. The van der Waals surface area contributed by atoms with Crippen LogP contribution in [-0.4, -0.2) is 91.7 Å². The van der Waals surface area contributed by atoms with Crippen LogP contribution in [0.25, 0.3) is 0 Å². The van der Waals surface area contributed by atoms with Gasteiger partial charge >= 0.3 is 17.9 Å². The quantitative estimate of drug-likeness (QED) is 0.0626. The molecule has 0 aliphatic heterocycles. The first kappa shape index (κ1) is 38.8. The van der Waals surface area contributed by atoms with Crippen LogP contribution in [0.5, 0.6) is 0 Å². The molecule has 44 heavy (non-hydrogen) atoms. The number of ketones is 1. The predicted molar refractivity (Wildman–Crippen MR) is 165 cm³/mol. The smallest absolute Gasteiger partial charge is 0.322 e. The number of unbranched alkanes of at least 4 members (excludes halogenated alkanes) is 3. The summed E-state index contributed by atoms with van der Waals surface area (Å²) in [5.41, 5.74) is 5.46. The minimum absolute atomic E-state index is 0.0228. The maximum Gasteiger partial charge on any atom is 0.322 e. The Morgan fingerprint density at radius 3 is 2.39 bits per heavy atom. The van der Waals surface area contributed by atoms with E-state index in [1.165, 1.54) is 11.8 Å². The van der Waals surface area contributed by atoms with E-state index in [9.17, 15) is 33.9 Å². The number of nitrogens with one attached hydrogen (secondary N) is 2. The van der Waals surface area contributed by atoms with Gasteiger partial charge in [-0.15, -0.1) is 0 Å². The topological polar surface area (TPSA) is 233 Å². The predicted octanol–water partition coefficient (Wildman–Crippen LogP) is 1.87. The number of carbonyl (C=O) groups excluding carboxylic acids is 3. The van der Waals surface area contributed by atoms with Crippen molar-refractivity contribution >= 4 is 47.3 Å². The molecule has 0 spiro atoms. The van der Waals surface area contributed by atoms with Crippen molar-refractivity contribution in [2.75, 3.05) is 12.3 Å². The zero-order valence-corrected chi connectivity index (χ0v) is 26.0. The molecule has 1 fully saturated rings. The van der Waals surface area contributed by atoms with Gasteiger partial charge in [0.25, 0.3) is 0 Å². The molecule has 13 nitrogen and oxygen atoms in total. The number of aliphatic carboxylic acids is 3. The zero-order chi connectivity index (χ0) is 33.1. The molecule has 1 rings (SSSR count). The molecule has 0 aromatic rings. The van der Waals surface area contributed by atoms with Crippen molar-refractivity contribution in [2.24, 2.45) is 17.6 Å². The maximum absolute atomic E-state index is 13.1. The molecule has 0 bridgehead atoms. The Labute approximate surface area is 262 Å². The van der Waals surface area contributed by atoms with Gasteiger partial charge in [-0.2, -0.15) is 11.8 Å². The Bertz CT molecular complexity index is 1030. The van der Waals surface area contributed by atoms with Gasteiger partial charge in [-0.3, -0.25) is 28.8 Å². The van der Waals surface area contributed by atoms with Crippen molar-refractivity contribution in [3.8, 4) is 0 Å². The van der Waals surface area contributed by atoms with Crippen LogP contribution >= 0.6 is 11.8 Å². The largest absolute Gasteiger partial charge is 0.481 e. The van der Waals surface area contributed by atoms with Crippen LogP contribution in [0.2, 0.25) is 0 Å². The van der Waals surface area contributed by atoms with E-state index in [1.54, 1.807) is 12.2 Å². The van der Waals surface area contributed by atoms with Gasteiger partial charge in [0.05, 0.1) is 6.10 Å². The summed E-state index contributed by atoms with van der Waals surface area (Å²) in [5, 5.41) is 41.6. The van der Waals surface area contributed by atoms with Crippen LogP contribution in [0.1, 0.15) is 77.6 Å². The molecule has 0 saturated heterocycles. The number of hydrogen-bond donors (Lipinski definition) is 7. The maximum atomic E-state index is 13.1. The molecule has 1 aliphatic carbocycles. The van der Waals surface area contributed by atoms with Crippen molar-refractivity contribution in [1.29, 1.82) is 0 Å². The summed E-state index contributed by atoms with van der Waals surface area (Å²) in [4.78, 5) is 71.1. The third-order valence-corrected chi connectivity index (χ3v) is 8.71. The number of aliphatic hydroxyl groups excluding tert-OH is 1. The first-order valence-corrected chi connectivity index (χ1v) is 16.0. The summed E-state index contributed by atoms with van der Waals surface area (Å²) >= 11 is 1.29. The SMILES string of the molecule is CCCCC[C@H](O)/C=C/[C@H]1C(=O)C[C@H](SC[C@H](NC(=O)CC[C@H](N)C(=O)O)C(=O)NCC(=O)O)[C@@H]1C/C=C\CCCC(=O)O. The zero-order valence-electron chi connectivity index (χ0n) is 25.2. The molecule has 248 valence electrons. The number of nitrogens with two attached hydrogens (primary N) is 1. The third kappa shape index (κ3) is 16.0. The van der Waals surface area contributed by atoms with Gasteiger partial charge in [-0.05, 0) is 38.0 Å². The van der Waals surface area contributed by atoms with Crippen LogP contribution in [0, 0.1) is 11.8 Å². The van der Waals surface area contributed by atoms with Crippen molar-refractivity contribution in [3.05, 3.63) is 24.3 Å². The highest BCUT2D eigenvalue weighted by Gasteiger charge is 2.41. The van der Waals surface area contributed by atoms with Crippen LogP contribution in [0.15, 0.2) is 24.3 Å². The number of carboxylic acids is 3.